The summed E-state index contributed by atoms with van der Waals surface area (Å²) in [6.45, 7) is 13.5. The van der Waals surface area contributed by atoms with Crippen molar-refractivity contribution in [3.05, 3.63) is 23.5 Å². The van der Waals surface area contributed by atoms with Gasteiger partial charge < -0.3 is 9.30 Å². The van der Waals surface area contributed by atoms with Gasteiger partial charge in [0, 0.05) is 5.54 Å². The molecule has 0 unspecified atom stereocenters. The quantitative estimate of drug-likeness (QED) is 0.829. The maximum Gasteiger partial charge on any atom is 0.232 e. The van der Waals surface area contributed by atoms with Gasteiger partial charge in [-0.1, -0.05) is 0 Å². The van der Waals surface area contributed by atoms with Crippen molar-refractivity contribution in [1.82, 2.24) is 9.55 Å². The molecule has 3 fully saturated rings. The number of hydrogen-bond acceptors (Lipinski definition) is 3. The molecule has 0 saturated heterocycles. The van der Waals surface area contributed by atoms with Crippen molar-refractivity contribution in [1.29, 1.82) is 0 Å². The second kappa shape index (κ2) is 5.47. The summed E-state index contributed by atoms with van der Waals surface area (Å²) < 4.78 is 7.45. The molecular weight excluding hydrogens is 328 g/mol. The molecule has 6 heteroatoms. The fourth-order valence-electron chi connectivity index (χ4n) is 4.58. The van der Waals surface area contributed by atoms with Crippen molar-refractivity contribution in [2.45, 2.75) is 52.0 Å². The second-order valence-electron chi connectivity index (χ2n) is 8.62. The van der Waals surface area contributed by atoms with Gasteiger partial charge in [-0.2, -0.15) is 0 Å². The third kappa shape index (κ3) is 2.38. The predicted molar refractivity (Wildman–Crippen MR) is 101 cm³/mol. The van der Waals surface area contributed by atoms with E-state index in [2.05, 4.69) is 35.9 Å². The van der Waals surface area contributed by atoms with E-state index >= 15 is 0 Å². The number of aromatic nitrogens is 2. The number of fused-ring (bicyclic) bond motifs is 2. The fraction of sp³-hybridized carbons (Fsp3) is 0.550. The Bertz CT molecular complexity index is 934. The first-order chi connectivity index (χ1) is 12.3. The molecule has 2 aromatic rings. The normalized spacial score (nSPS) is 24.2. The van der Waals surface area contributed by atoms with Crippen LogP contribution in [-0.4, -0.2) is 22.6 Å². The number of nitrogens with one attached hydrogen (secondary N) is 1. The third-order valence-electron chi connectivity index (χ3n) is 5.83. The van der Waals surface area contributed by atoms with Gasteiger partial charge in [0.25, 0.3) is 0 Å². The Balaban J connectivity index is 1.83. The Morgan fingerprint density at radius 2 is 2.15 bits per heavy atom. The van der Waals surface area contributed by atoms with Gasteiger partial charge >= 0.3 is 0 Å². The van der Waals surface area contributed by atoms with Crippen LogP contribution in [0.2, 0.25) is 0 Å². The van der Waals surface area contributed by atoms with Gasteiger partial charge in [-0.25, -0.2) is 9.83 Å². The van der Waals surface area contributed by atoms with E-state index in [-0.39, 0.29) is 16.9 Å². The van der Waals surface area contributed by atoms with Gasteiger partial charge in [0.1, 0.15) is 11.3 Å². The van der Waals surface area contributed by atoms with E-state index in [1.807, 2.05) is 10.6 Å². The number of ether oxygens (including phenoxy) is 1. The molecule has 1 amide bonds. The smallest absolute Gasteiger partial charge is 0.232 e. The number of benzene rings is 1. The molecular formula is C20H24N4O2. The first kappa shape index (κ1) is 16.9. The minimum absolute atomic E-state index is 0.0800. The number of carbonyl (C=O) groups is 1. The molecule has 3 aliphatic carbocycles. The number of rotatable bonds is 3. The minimum Gasteiger partial charge on any atom is -0.496 e. The lowest BCUT2D eigenvalue weighted by Crippen LogP contribution is -2.41. The summed E-state index contributed by atoms with van der Waals surface area (Å²) in [5, 5.41) is 3.10. The summed E-state index contributed by atoms with van der Waals surface area (Å²) in [6, 6.07) is 3.50. The van der Waals surface area contributed by atoms with Crippen LogP contribution in [0.1, 0.15) is 46.5 Å². The van der Waals surface area contributed by atoms with Gasteiger partial charge in [-0.3, -0.25) is 10.1 Å². The molecule has 2 bridgehead atoms. The number of carbonyl (C=O) groups excluding carboxylic acids is 1. The van der Waals surface area contributed by atoms with Gasteiger partial charge in [-0.15, -0.1) is 0 Å². The first-order valence-corrected chi connectivity index (χ1v) is 9.07. The number of nitrogens with zero attached hydrogens (tertiary/aromatic N) is 3. The lowest BCUT2D eigenvalue weighted by atomic mass is 9.69. The van der Waals surface area contributed by atoms with E-state index in [0.717, 1.165) is 37.1 Å². The highest BCUT2D eigenvalue weighted by atomic mass is 16.5. The van der Waals surface area contributed by atoms with Gasteiger partial charge in [0.15, 0.2) is 5.69 Å². The van der Waals surface area contributed by atoms with E-state index in [0.29, 0.717) is 22.9 Å². The molecule has 3 aliphatic rings. The summed E-state index contributed by atoms with van der Waals surface area (Å²) >= 11 is 0. The van der Waals surface area contributed by atoms with Crippen molar-refractivity contribution in [3.8, 4) is 5.75 Å². The minimum atomic E-state index is -0.307. The molecule has 0 spiro atoms. The largest absolute Gasteiger partial charge is 0.496 e. The summed E-state index contributed by atoms with van der Waals surface area (Å²) in [5.41, 5.74) is 1.46. The molecule has 6 nitrogen and oxygen atoms in total. The topological polar surface area (TPSA) is 60.5 Å². The lowest BCUT2D eigenvalue weighted by Gasteiger charge is -2.37. The standard InChI is InChI=1S/C20H24N4O2/c1-19(2,3)24-14-8-13(21-4)9-15(26-5)16(14)22-18(24)23-17(25)20-7-6-12(10-20)11-20/h8-9,12H,6-7,10-11H2,1-3,5H3,(H,22,23,25). The van der Waals surface area contributed by atoms with Crippen LogP contribution in [-0.2, 0) is 10.3 Å². The van der Waals surface area contributed by atoms with Gasteiger partial charge in [0.2, 0.25) is 11.9 Å². The Hall–Kier alpha value is -2.55. The average Bonchev–Trinajstić information content (AvgIpc) is 3.24. The molecule has 0 aliphatic heterocycles. The van der Waals surface area contributed by atoms with Gasteiger partial charge in [-0.05, 0) is 64.5 Å². The Morgan fingerprint density at radius 1 is 1.42 bits per heavy atom. The SMILES string of the molecule is [C-]#[N+]c1cc(OC)c2nc(NC(=O)C34CCC(C3)C4)n(C(C)(C)C)c2c1. The van der Waals surface area contributed by atoms with Crippen molar-refractivity contribution < 1.29 is 9.53 Å². The van der Waals surface area contributed by atoms with Crippen molar-refractivity contribution >= 4 is 28.6 Å². The fourth-order valence-corrected chi connectivity index (χ4v) is 4.58. The zero-order chi connectivity index (χ0) is 18.7. The number of imidazole rings is 1. The molecule has 0 atom stereocenters. The molecule has 1 aromatic carbocycles. The zero-order valence-electron chi connectivity index (χ0n) is 15.7. The van der Waals surface area contributed by atoms with Crippen molar-refractivity contribution in [2.24, 2.45) is 11.3 Å². The van der Waals surface area contributed by atoms with Crippen LogP contribution in [0.15, 0.2) is 12.1 Å². The summed E-state index contributed by atoms with van der Waals surface area (Å²) in [4.78, 5) is 21.2. The Kier molecular flexibility index (Phi) is 3.56. The van der Waals surface area contributed by atoms with E-state index in [4.69, 9.17) is 11.3 Å². The number of anilines is 1. The van der Waals surface area contributed by atoms with Crippen LogP contribution in [0, 0.1) is 17.9 Å². The molecule has 1 aromatic heterocycles. The van der Waals surface area contributed by atoms with Crippen LogP contribution >= 0.6 is 0 Å². The molecule has 1 N–H and O–H groups in total. The predicted octanol–water partition coefficient (Wildman–Crippen LogP) is 4.48. The summed E-state index contributed by atoms with van der Waals surface area (Å²) in [6.07, 6.45) is 4.13. The van der Waals surface area contributed by atoms with E-state index in [9.17, 15) is 4.79 Å². The zero-order valence-corrected chi connectivity index (χ0v) is 15.7. The highest BCUT2D eigenvalue weighted by molar-refractivity contribution is 5.98. The third-order valence-corrected chi connectivity index (χ3v) is 5.83. The highest BCUT2D eigenvalue weighted by Gasteiger charge is 2.55. The van der Waals surface area contributed by atoms with E-state index in [1.54, 1.807) is 13.2 Å². The molecule has 26 heavy (non-hydrogen) atoms. The summed E-state index contributed by atoms with van der Waals surface area (Å²) in [7, 11) is 1.57. The van der Waals surface area contributed by atoms with E-state index < -0.39 is 0 Å². The van der Waals surface area contributed by atoms with E-state index in [1.165, 1.54) is 0 Å². The molecule has 5 rings (SSSR count). The Labute approximate surface area is 153 Å². The first-order valence-electron chi connectivity index (χ1n) is 9.07. The molecule has 136 valence electrons. The van der Waals surface area contributed by atoms with Crippen molar-refractivity contribution in [2.75, 3.05) is 12.4 Å². The molecule has 1 heterocycles. The molecule has 3 saturated carbocycles. The lowest BCUT2D eigenvalue weighted by molar-refractivity contribution is -0.129. The second-order valence-corrected chi connectivity index (χ2v) is 8.62. The maximum atomic E-state index is 13.0. The molecule has 0 radical (unpaired) electrons. The van der Waals surface area contributed by atoms with Gasteiger partial charge in [0.05, 0.1) is 24.6 Å². The monoisotopic (exact) mass is 352 g/mol. The van der Waals surface area contributed by atoms with Crippen LogP contribution in [0.25, 0.3) is 15.9 Å². The van der Waals surface area contributed by atoms with Crippen LogP contribution in [0.5, 0.6) is 5.75 Å². The number of methoxy groups -OCH3 is 1. The van der Waals surface area contributed by atoms with Crippen LogP contribution < -0.4 is 10.1 Å². The highest BCUT2D eigenvalue weighted by Crippen LogP contribution is 2.59. The number of hydrogen-bond donors (Lipinski definition) is 1. The summed E-state index contributed by atoms with van der Waals surface area (Å²) in [5.74, 6) is 1.89. The maximum absolute atomic E-state index is 13.0. The van der Waals surface area contributed by atoms with Crippen LogP contribution in [0.4, 0.5) is 11.6 Å². The Morgan fingerprint density at radius 3 is 2.69 bits per heavy atom. The number of amides is 1. The van der Waals surface area contributed by atoms with Crippen molar-refractivity contribution in [3.63, 3.8) is 0 Å². The van der Waals surface area contributed by atoms with Crippen LogP contribution in [0.3, 0.4) is 0 Å². The average molecular weight is 352 g/mol.